The molecule has 9 heteroatoms. The Kier molecular flexibility index (Phi) is 4.86. The van der Waals surface area contributed by atoms with Crippen molar-refractivity contribution in [3.8, 4) is 11.3 Å². The number of nitrogens with one attached hydrogen (secondary N) is 1. The van der Waals surface area contributed by atoms with E-state index in [4.69, 9.17) is 10.3 Å². The van der Waals surface area contributed by atoms with Gasteiger partial charge in [-0.1, -0.05) is 11.2 Å². The maximum atomic E-state index is 14.4. The molecule has 0 saturated heterocycles. The zero-order valence-corrected chi connectivity index (χ0v) is 14.9. The van der Waals surface area contributed by atoms with E-state index < -0.39 is 23.1 Å². The highest BCUT2D eigenvalue weighted by atomic mass is 19.1. The van der Waals surface area contributed by atoms with Gasteiger partial charge in [-0.3, -0.25) is 0 Å². The fourth-order valence-electron chi connectivity index (χ4n) is 2.76. The summed E-state index contributed by atoms with van der Waals surface area (Å²) in [5.41, 5.74) is 6.98. The first-order chi connectivity index (χ1) is 14.0. The smallest absolute Gasteiger partial charge is 0.170 e. The van der Waals surface area contributed by atoms with Crippen molar-refractivity contribution in [3.63, 3.8) is 0 Å². The highest BCUT2D eigenvalue weighted by molar-refractivity contribution is 5.69. The Morgan fingerprint density at radius 2 is 1.76 bits per heavy atom. The van der Waals surface area contributed by atoms with Crippen LogP contribution in [0.5, 0.6) is 0 Å². The van der Waals surface area contributed by atoms with E-state index in [2.05, 4.69) is 20.4 Å². The van der Waals surface area contributed by atoms with E-state index in [1.165, 1.54) is 18.3 Å². The van der Waals surface area contributed by atoms with Crippen LogP contribution in [0.3, 0.4) is 0 Å². The Bertz CT molecular complexity index is 1160. The molecule has 0 aliphatic heterocycles. The Labute approximate surface area is 163 Å². The van der Waals surface area contributed by atoms with Crippen LogP contribution in [0.2, 0.25) is 0 Å². The number of rotatable bonds is 5. The van der Waals surface area contributed by atoms with Gasteiger partial charge in [0.25, 0.3) is 0 Å². The highest BCUT2D eigenvalue weighted by Crippen LogP contribution is 2.27. The fourth-order valence-corrected chi connectivity index (χ4v) is 2.76. The molecule has 29 heavy (non-hydrogen) atoms. The second-order valence-electron chi connectivity index (χ2n) is 6.19. The summed E-state index contributed by atoms with van der Waals surface area (Å²) < 4.78 is 47.1. The number of hydrogen-bond acceptors (Lipinski definition) is 6. The first kappa shape index (κ1) is 18.5. The predicted molar refractivity (Wildman–Crippen MR) is 101 cm³/mol. The van der Waals surface area contributed by atoms with E-state index in [1.54, 1.807) is 24.4 Å². The second-order valence-corrected chi connectivity index (χ2v) is 6.19. The maximum absolute atomic E-state index is 14.4. The van der Waals surface area contributed by atoms with Crippen LogP contribution in [0.1, 0.15) is 11.3 Å². The molecule has 0 spiro atoms. The van der Waals surface area contributed by atoms with Crippen LogP contribution in [0.15, 0.2) is 59.4 Å². The monoisotopic (exact) mass is 397 g/mol. The number of nitrogens with zero attached hydrogens (tertiary/aromatic N) is 3. The van der Waals surface area contributed by atoms with E-state index in [9.17, 15) is 13.2 Å². The lowest BCUT2D eigenvalue weighted by atomic mass is 10.1. The van der Waals surface area contributed by atoms with Crippen LogP contribution < -0.4 is 11.1 Å². The van der Waals surface area contributed by atoms with Crippen LogP contribution in [0, 0.1) is 17.5 Å². The Morgan fingerprint density at radius 1 is 0.966 bits per heavy atom. The molecule has 1 aromatic carbocycles. The molecular weight excluding hydrogens is 383 g/mol. The van der Waals surface area contributed by atoms with Crippen LogP contribution in [-0.4, -0.2) is 15.1 Å². The van der Waals surface area contributed by atoms with Crippen molar-refractivity contribution >= 4 is 17.3 Å². The standard InChI is InChI=1S/C20H14F3N5O/c21-14-4-1-5-15(22)18(14)27-20-16(23)8-11(10-26-20)7-12-9-17(29-28-12)13-3-2-6-25-19(13)24/h1-6,8-10H,7H2,(H2,24,25)(H,26,27). The van der Waals surface area contributed by atoms with Crippen molar-refractivity contribution in [2.45, 2.75) is 6.42 Å². The quantitative estimate of drug-likeness (QED) is 0.517. The number of halogens is 3. The maximum Gasteiger partial charge on any atom is 0.170 e. The lowest BCUT2D eigenvalue weighted by molar-refractivity contribution is 0.425. The summed E-state index contributed by atoms with van der Waals surface area (Å²) in [6.45, 7) is 0. The first-order valence-electron chi connectivity index (χ1n) is 8.53. The van der Waals surface area contributed by atoms with Crippen molar-refractivity contribution in [2.75, 3.05) is 11.1 Å². The third-order valence-corrected chi connectivity index (χ3v) is 4.15. The molecule has 4 rings (SSSR count). The lowest BCUT2D eigenvalue weighted by Gasteiger charge is -2.09. The number of pyridine rings is 2. The average molecular weight is 397 g/mol. The average Bonchev–Trinajstić information content (AvgIpc) is 3.15. The largest absolute Gasteiger partial charge is 0.383 e. The zero-order valence-electron chi connectivity index (χ0n) is 14.9. The van der Waals surface area contributed by atoms with Gasteiger partial charge in [0, 0.05) is 24.9 Å². The molecule has 3 heterocycles. The SMILES string of the molecule is Nc1ncccc1-c1cc(Cc2cnc(Nc3c(F)cccc3F)c(F)c2)no1. The Morgan fingerprint density at radius 3 is 2.48 bits per heavy atom. The summed E-state index contributed by atoms with van der Waals surface area (Å²) in [5, 5.41) is 6.29. The van der Waals surface area contributed by atoms with Gasteiger partial charge in [0.15, 0.2) is 17.4 Å². The van der Waals surface area contributed by atoms with E-state index in [0.29, 0.717) is 28.4 Å². The van der Waals surface area contributed by atoms with Crippen LogP contribution in [0.4, 0.5) is 30.5 Å². The van der Waals surface area contributed by atoms with Gasteiger partial charge in [-0.25, -0.2) is 23.1 Å². The number of nitrogens with two attached hydrogens (primary N) is 1. The minimum absolute atomic E-state index is 0.238. The topological polar surface area (TPSA) is 89.9 Å². The number of nitrogen functional groups attached to an aromatic ring is 1. The summed E-state index contributed by atoms with van der Waals surface area (Å²) >= 11 is 0. The molecule has 0 atom stereocenters. The van der Waals surface area contributed by atoms with E-state index >= 15 is 0 Å². The van der Waals surface area contributed by atoms with Gasteiger partial charge in [-0.15, -0.1) is 0 Å². The summed E-state index contributed by atoms with van der Waals surface area (Å²) in [4.78, 5) is 7.91. The number of hydrogen-bond donors (Lipinski definition) is 2. The van der Waals surface area contributed by atoms with Crippen molar-refractivity contribution in [2.24, 2.45) is 0 Å². The molecule has 0 radical (unpaired) electrons. The van der Waals surface area contributed by atoms with Crippen LogP contribution >= 0.6 is 0 Å². The third kappa shape index (κ3) is 3.88. The van der Waals surface area contributed by atoms with E-state index in [0.717, 1.165) is 12.1 Å². The highest BCUT2D eigenvalue weighted by Gasteiger charge is 2.14. The number of aromatic nitrogens is 3. The summed E-state index contributed by atoms with van der Waals surface area (Å²) in [6.07, 6.45) is 3.19. The normalized spacial score (nSPS) is 10.9. The van der Waals surface area contributed by atoms with Crippen molar-refractivity contribution < 1.29 is 17.7 Å². The summed E-state index contributed by atoms with van der Waals surface area (Å²) in [7, 11) is 0. The molecule has 0 aliphatic carbocycles. The second kappa shape index (κ2) is 7.63. The summed E-state index contributed by atoms with van der Waals surface area (Å²) in [5.74, 6) is -2.00. The van der Waals surface area contributed by atoms with Gasteiger partial charge in [0.2, 0.25) is 0 Å². The molecular formula is C20H14F3N5O. The molecule has 0 saturated carbocycles. The fraction of sp³-hybridized carbons (Fsp3) is 0.0500. The molecule has 3 aromatic heterocycles. The van der Waals surface area contributed by atoms with E-state index in [-0.39, 0.29) is 12.2 Å². The molecule has 3 N–H and O–H groups in total. The van der Waals surface area contributed by atoms with Crippen molar-refractivity contribution in [3.05, 3.63) is 83.6 Å². The Balaban J connectivity index is 1.53. The zero-order chi connectivity index (χ0) is 20.4. The number of benzene rings is 1. The van der Waals surface area contributed by atoms with Crippen molar-refractivity contribution in [1.82, 2.24) is 15.1 Å². The predicted octanol–water partition coefficient (Wildman–Crippen LogP) is 4.47. The molecule has 146 valence electrons. The van der Waals surface area contributed by atoms with Gasteiger partial charge in [0.05, 0.1) is 11.3 Å². The molecule has 4 aromatic rings. The van der Waals surface area contributed by atoms with Gasteiger partial charge in [0.1, 0.15) is 23.1 Å². The minimum Gasteiger partial charge on any atom is -0.383 e. The van der Waals surface area contributed by atoms with Crippen molar-refractivity contribution in [1.29, 1.82) is 0 Å². The van der Waals surface area contributed by atoms with Gasteiger partial charge < -0.3 is 15.6 Å². The lowest BCUT2D eigenvalue weighted by Crippen LogP contribution is -2.03. The first-order valence-corrected chi connectivity index (χ1v) is 8.53. The molecule has 0 fully saturated rings. The van der Waals surface area contributed by atoms with Gasteiger partial charge >= 0.3 is 0 Å². The summed E-state index contributed by atoms with van der Waals surface area (Å²) in [6, 6.07) is 9.69. The van der Waals surface area contributed by atoms with Crippen LogP contribution in [-0.2, 0) is 6.42 Å². The Hall–Kier alpha value is -3.88. The molecule has 0 amide bonds. The number of para-hydroxylation sites is 1. The van der Waals surface area contributed by atoms with E-state index in [1.807, 2.05) is 0 Å². The van der Waals surface area contributed by atoms with Gasteiger partial charge in [-0.05, 0) is 35.9 Å². The molecule has 6 nitrogen and oxygen atoms in total. The molecule has 0 bridgehead atoms. The number of anilines is 3. The molecule has 0 aliphatic rings. The molecule has 0 unspecified atom stereocenters. The minimum atomic E-state index is -0.847. The van der Waals surface area contributed by atoms with Gasteiger partial charge in [-0.2, -0.15) is 0 Å². The third-order valence-electron chi connectivity index (χ3n) is 4.15. The van der Waals surface area contributed by atoms with Crippen LogP contribution in [0.25, 0.3) is 11.3 Å².